The van der Waals surface area contributed by atoms with E-state index in [9.17, 15) is 4.79 Å². The van der Waals surface area contributed by atoms with Gasteiger partial charge in [0, 0.05) is 10.0 Å². The second kappa shape index (κ2) is 4.42. The van der Waals surface area contributed by atoms with Gasteiger partial charge in [-0.2, -0.15) is 0 Å². The van der Waals surface area contributed by atoms with E-state index in [0.717, 1.165) is 15.6 Å². The molecule has 1 heterocycles. The Morgan fingerprint density at radius 1 is 1.00 bits per heavy atom. The molecule has 0 fully saturated rings. The summed E-state index contributed by atoms with van der Waals surface area (Å²) in [4.78, 5) is 11.7. The third-order valence-corrected chi connectivity index (χ3v) is 3.25. The number of cyclic esters (lactones) is 1. The highest BCUT2D eigenvalue weighted by molar-refractivity contribution is 9.10. The second-order valence-corrected chi connectivity index (χ2v) is 4.91. The number of hydrogen-bond donors (Lipinski definition) is 0. The zero-order chi connectivity index (χ0) is 12.5. The monoisotopic (exact) mass is 300 g/mol. The molecule has 1 aliphatic rings. The minimum atomic E-state index is -0.285. The minimum absolute atomic E-state index is 0.285. The van der Waals surface area contributed by atoms with Crippen molar-refractivity contribution in [3.63, 3.8) is 0 Å². The molecule has 1 aliphatic heterocycles. The molecular formula is C15H9BrO2. The fourth-order valence-corrected chi connectivity index (χ4v) is 2.36. The van der Waals surface area contributed by atoms with Crippen molar-refractivity contribution in [1.29, 1.82) is 0 Å². The zero-order valence-corrected chi connectivity index (χ0v) is 11.0. The average Bonchev–Trinajstić information content (AvgIpc) is 2.67. The first-order valence-electron chi connectivity index (χ1n) is 5.53. The first kappa shape index (κ1) is 11.2. The Kier molecular flexibility index (Phi) is 2.76. The lowest BCUT2D eigenvalue weighted by molar-refractivity contribution is 0.0717. The standard InChI is InChI=1S/C15H9BrO2/c16-11-5-3-4-10(8-11)9-14-12-6-1-2-7-13(12)15(17)18-14/h1-9H/b14-9-. The van der Waals surface area contributed by atoms with Gasteiger partial charge in [-0.25, -0.2) is 4.79 Å². The van der Waals surface area contributed by atoms with Crippen LogP contribution in [0.2, 0.25) is 0 Å². The molecule has 0 aromatic heterocycles. The van der Waals surface area contributed by atoms with Crippen LogP contribution in [-0.4, -0.2) is 5.97 Å². The number of carbonyl (C=O) groups is 1. The number of benzene rings is 2. The van der Waals surface area contributed by atoms with Crippen molar-refractivity contribution in [2.24, 2.45) is 0 Å². The van der Waals surface area contributed by atoms with Gasteiger partial charge >= 0.3 is 5.97 Å². The Hall–Kier alpha value is -1.87. The van der Waals surface area contributed by atoms with Crippen LogP contribution in [0.15, 0.2) is 53.0 Å². The van der Waals surface area contributed by atoms with Gasteiger partial charge in [-0.15, -0.1) is 0 Å². The van der Waals surface area contributed by atoms with Gasteiger partial charge in [-0.1, -0.05) is 46.3 Å². The number of halogens is 1. The normalized spacial score (nSPS) is 15.6. The lowest BCUT2D eigenvalue weighted by atomic mass is 10.1. The summed E-state index contributed by atoms with van der Waals surface area (Å²) in [5, 5.41) is 0. The largest absolute Gasteiger partial charge is 0.422 e. The van der Waals surface area contributed by atoms with Crippen molar-refractivity contribution in [1.82, 2.24) is 0 Å². The molecule has 2 aromatic rings. The van der Waals surface area contributed by atoms with Crippen molar-refractivity contribution < 1.29 is 9.53 Å². The maximum atomic E-state index is 11.7. The van der Waals surface area contributed by atoms with E-state index in [1.54, 1.807) is 6.07 Å². The quantitative estimate of drug-likeness (QED) is 0.741. The van der Waals surface area contributed by atoms with Crippen molar-refractivity contribution >= 4 is 33.7 Å². The molecule has 0 N–H and O–H groups in total. The maximum Gasteiger partial charge on any atom is 0.344 e. The van der Waals surface area contributed by atoms with E-state index < -0.39 is 0 Å². The highest BCUT2D eigenvalue weighted by Crippen LogP contribution is 2.31. The molecule has 2 aromatic carbocycles. The molecular weight excluding hydrogens is 292 g/mol. The number of carbonyl (C=O) groups excluding carboxylic acids is 1. The Balaban J connectivity index is 2.07. The van der Waals surface area contributed by atoms with E-state index in [1.165, 1.54) is 0 Å². The van der Waals surface area contributed by atoms with E-state index in [4.69, 9.17) is 4.74 Å². The molecule has 88 valence electrons. The van der Waals surface area contributed by atoms with Gasteiger partial charge in [0.25, 0.3) is 0 Å². The summed E-state index contributed by atoms with van der Waals surface area (Å²) in [5.41, 5.74) is 2.46. The first-order chi connectivity index (χ1) is 8.74. The van der Waals surface area contributed by atoms with E-state index >= 15 is 0 Å². The summed E-state index contributed by atoms with van der Waals surface area (Å²) in [6.45, 7) is 0. The molecule has 3 heteroatoms. The Bertz CT molecular complexity index is 659. The van der Waals surface area contributed by atoms with Gasteiger partial charge in [0.05, 0.1) is 5.56 Å². The van der Waals surface area contributed by atoms with Gasteiger partial charge < -0.3 is 4.74 Å². The van der Waals surface area contributed by atoms with Gasteiger partial charge in [0.2, 0.25) is 0 Å². The Morgan fingerprint density at radius 3 is 2.56 bits per heavy atom. The van der Waals surface area contributed by atoms with E-state index in [2.05, 4.69) is 15.9 Å². The molecule has 0 amide bonds. The van der Waals surface area contributed by atoms with E-state index in [1.807, 2.05) is 48.5 Å². The van der Waals surface area contributed by atoms with Crippen LogP contribution in [-0.2, 0) is 4.74 Å². The molecule has 0 saturated carbocycles. The number of rotatable bonds is 1. The van der Waals surface area contributed by atoms with Crippen molar-refractivity contribution in [2.75, 3.05) is 0 Å². The molecule has 0 spiro atoms. The van der Waals surface area contributed by atoms with Crippen LogP contribution in [0.4, 0.5) is 0 Å². The SMILES string of the molecule is O=C1O/C(=C\c2cccc(Br)c2)c2ccccc21. The predicted octanol–water partition coefficient (Wildman–Crippen LogP) is 4.12. The molecule has 0 aliphatic carbocycles. The number of fused-ring (bicyclic) bond motifs is 1. The third-order valence-electron chi connectivity index (χ3n) is 2.76. The summed E-state index contributed by atoms with van der Waals surface area (Å²) in [6.07, 6.45) is 1.87. The summed E-state index contributed by atoms with van der Waals surface area (Å²) in [6, 6.07) is 15.2. The smallest absolute Gasteiger partial charge is 0.344 e. The van der Waals surface area contributed by atoms with Crippen LogP contribution in [0.1, 0.15) is 21.5 Å². The van der Waals surface area contributed by atoms with Crippen LogP contribution < -0.4 is 0 Å². The van der Waals surface area contributed by atoms with Gasteiger partial charge in [0.1, 0.15) is 5.76 Å². The molecule has 0 unspecified atom stereocenters. The highest BCUT2D eigenvalue weighted by atomic mass is 79.9. The van der Waals surface area contributed by atoms with E-state index in [-0.39, 0.29) is 5.97 Å². The minimum Gasteiger partial charge on any atom is -0.422 e. The van der Waals surface area contributed by atoms with Crippen LogP contribution in [0, 0.1) is 0 Å². The first-order valence-corrected chi connectivity index (χ1v) is 6.32. The molecule has 2 nitrogen and oxygen atoms in total. The van der Waals surface area contributed by atoms with Crippen LogP contribution in [0.5, 0.6) is 0 Å². The molecule has 0 bridgehead atoms. The fourth-order valence-electron chi connectivity index (χ4n) is 1.94. The number of hydrogen-bond acceptors (Lipinski definition) is 2. The lowest BCUT2D eigenvalue weighted by Gasteiger charge is -1.99. The number of esters is 1. The average molecular weight is 301 g/mol. The molecule has 0 saturated heterocycles. The summed E-state index contributed by atoms with van der Waals surface area (Å²) >= 11 is 3.42. The second-order valence-electron chi connectivity index (χ2n) is 4.00. The topological polar surface area (TPSA) is 26.3 Å². The van der Waals surface area contributed by atoms with E-state index in [0.29, 0.717) is 11.3 Å². The maximum absolute atomic E-state index is 11.7. The molecule has 0 atom stereocenters. The van der Waals surface area contributed by atoms with Gasteiger partial charge in [-0.3, -0.25) is 0 Å². The van der Waals surface area contributed by atoms with Gasteiger partial charge in [0.15, 0.2) is 0 Å². The molecule has 0 radical (unpaired) electrons. The van der Waals surface area contributed by atoms with Crippen LogP contribution in [0.25, 0.3) is 11.8 Å². The summed E-state index contributed by atoms with van der Waals surface area (Å²) in [5.74, 6) is 0.320. The molecule has 3 rings (SSSR count). The number of ether oxygens (including phenoxy) is 1. The zero-order valence-electron chi connectivity index (χ0n) is 9.39. The van der Waals surface area contributed by atoms with Crippen molar-refractivity contribution in [2.45, 2.75) is 0 Å². The Morgan fingerprint density at radius 2 is 1.78 bits per heavy atom. The Labute approximate surface area is 113 Å². The fraction of sp³-hybridized carbons (Fsp3) is 0. The summed E-state index contributed by atoms with van der Waals surface area (Å²) < 4.78 is 6.28. The third kappa shape index (κ3) is 1.97. The van der Waals surface area contributed by atoms with Crippen LogP contribution in [0.3, 0.4) is 0 Å². The lowest BCUT2D eigenvalue weighted by Crippen LogP contribution is -1.92. The highest BCUT2D eigenvalue weighted by Gasteiger charge is 2.25. The summed E-state index contributed by atoms with van der Waals surface area (Å²) in [7, 11) is 0. The van der Waals surface area contributed by atoms with Crippen LogP contribution >= 0.6 is 15.9 Å². The van der Waals surface area contributed by atoms with Gasteiger partial charge in [-0.05, 0) is 29.8 Å². The predicted molar refractivity (Wildman–Crippen MR) is 73.9 cm³/mol. The van der Waals surface area contributed by atoms with Crippen molar-refractivity contribution in [3.8, 4) is 0 Å². The molecule has 18 heavy (non-hydrogen) atoms. The van der Waals surface area contributed by atoms with Crippen molar-refractivity contribution in [3.05, 3.63) is 69.7 Å².